The van der Waals surface area contributed by atoms with E-state index >= 15 is 0 Å². The predicted octanol–water partition coefficient (Wildman–Crippen LogP) is 3.19. The van der Waals surface area contributed by atoms with Gasteiger partial charge in [0, 0.05) is 22.3 Å². The highest BCUT2D eigenvalue weighted by molar-refractivity contribution is 9.10. The average Bonchev–Trinajstić information content (AvgIpc) is 2.48. The molecule has 0 saturated heterocycles. The molecular weight excluding hydrogens is 354 g/mol. The number of nitrogens with one attached hydrogen (secondary N) is 1. The number of hydrogen-bond acceptors (Lipinski definition) is 4. The fourth-order valence-corrected chi connectivity index (χ4v) is 3.38. The van der Waals surface area contributed by atoms with Gasteiger partial charge in [-0.1, -0.05) is 12.1 Å². The lowest BCUT2D eigenvalue weighted by Gasteiger charge is -2.08. The molecule has 5 nitrogen and oxygen atoms in total. The Morgan fingerprint density at radius 2 is 1.95 bits per heavy atom. The van der Waals surface area contributed by atoms with Crippen LogP contribution in [0.4, 0.5) is 5.69 Å². The summed E-state index contributed by atoms with van der Waals surface area (Å²) in [5.74, 6) is 0. The number of halogens is 1. The predicted molar refractivity (Wildman–Crippen MR) is 84.5 cm³/mol. The number of para-hydroxylation sites is 1. The van der Waals surface area contributed by atoms with Gasteiger partial charge >= 0.3 is 0 Å². The minimum absolute atomic E-state index is 0.110. The molecule has 0 aliphatic carbocycles. The monoisotopic (exact) mass is 363 g/mol. The molecule has 0 atom stereocenters. The highest BCUT2D eigenvalue weighted by Gasteiger charge is 2.14. The first-order valence-corrected chi connectivity index (χ1v) is 8.31. The molecule has 3 rings (SSSR count). The van der Waals surface area contributed by atoms with Crippen LogP contribution in [0.1, 0.15) is 0 Å². The van der Waals surface area contributed by atoms with Crippen LogP contribution in [0.5, 0.6) is 0 Å². The molecule has 0 fully saturated rings. The third-order valence-corrected chi connectivity index (χ3v) is 4.87. The highest BCUT2D eigenvalue weighted by Crippen LogP contribution is 2.24. The van der Waals surface area contributed by atoms with Crippen LogP contribution in [0.15, 0.2) is 64.4 Å². The second-order valence-corrected chi connectivity index (χ2v) is 6.87. The smallest absolute Gasteiger partial charge is 0.263 e. The number of sulfonamides is 1. The van der Waals surface area contributed by atoms with E-state index in [4.69, 9.17) is 0 Å². The van der Waals surface area contributed by atoms with E-state index in [1.807, 2.05) is 18.2 Å². The summed E-state index contributed by atoms with van der Waals surface area (Å²) in [6.07, 6.45) is 4.31. The molecule has 0 aliphatic rings. The van der Waals surface area contributed by atoms with Crippen molar-refractivity contribution in [3.8, 4) is 0 Å². The molecule has 0 unspecified atom stereocenters. The Bertz CT molecular complexity index is 898. The molecule has 0 aliphatic heterocycles. The summed E-state index contributed by atoms with van der Waals surface area (Å²) in [6, 6.07) is 10.4. The summed E-state index contributed by atoms with van der Waals surface area (Å²) in [4.78, 5) is 8.19. The summed E-state index contributed by atoms with van der Waals surface area (Å²) in [6.45, 7) is 0. The summed E-state index contributed by atoms with van der Waals surface area (Å²) < 4.78 is 27.8. The topological polar surface area (TPSA) is 72.0 Å². The normalized spacial score (nSPS) is 11.5. The van der Waals surface area contributed by atoms with E-state index in [1.165, 1.54) is 24.7 Å². The molecule has 0 bridgehead atoms. The van der Waals surface area contributed by atoms with E-state index in [2.05, 4.69) is 30.6 Å². The van der Waals surface area contributed by atoms with Crippen LogP contribution in [0.3, 0.4) is 0 Å². The molecule has 1 N–H and O–H groups in total. The van der Waals surface area contributed by atoms with Gasteiger partial charge in [0.1, 0.15) is 4.90 Å². The summed E-state index contributed by atoms with van der Waals surface area (Å²) >= 11 is 3.41. The zero-order chi connectivity index (χ0) is 14.9. The Morgan fingerprint density at radius 3 is 2.71 bits per heavy atom. The second-order valence-electron chi connectivity index (χ2n) is 4.33. The molecule has 2 aromatic heterocycles. The number of hydrogen-bond donors (Lipinski definition) is 1. The third kappa shape index (κ3) is 2.88. The SMILES string of the molecule is O=S(=O)(Nc1cnc2c(Br)cccc2c1)c1cccnc1. The quantitative estimate of drug-likeness (QED) is 0.775. The van der Waals surface area contributed by atoms with E-state index in [-0.39, 0.29) is 4.90 Å². The van der Waals surface area contributed by atoms with Crippen molar-refractivity contribution < 1.29 is 8.42 Å². The van der Waals surface area contributed by atoms with Gasteiger partial charge in [-0.25, -0.2) is 8.42 Å². The average molecular weight is 364 g/mol. The van der Waals surface area contributed by atoms with Gasteiger partial charge in [-0.2, -0.15) is 0 Å². The molecule has 1 aromatic carbocycles. The first kappa shape index (κ1) is 14.0. The van der Waals surface area contributed by atoms with Gasteiger partial charge in [-0.3, -0.25) is 14.7 Å². The van der Waals surface area contributed by atoms with E-state index in [0.29, 0.717) is 5.69 Å². The first-order chi connectivity index (χ1) is 10.1. The maximum Gasteiger partial charge on any atom is 0.263 e. The lowest BCUT2D eigenvalue weighted by Crippen LogP contribution is -2.13. The fourth-order valence-electron chi connectivity index (χ4n) is 1.90. The summed E-state index contributed by atoms with van der Waals surface area (Å²) in [7, 11) is -3.66. The number of fused-ring (bicyclic) bond motifs is 1. The molecule has 3 aromatic rings. The molecule has 7 heteroatoms. The maximum atomic E-state index is 12.2. The van der Waals surface area contributed by atoms with Crippen LogP contribution < -0.4 is 4.72 Å². The molecule has 2 heterocycles. The Balaban J connectivity index is 1.99. The van der Waals surface area contributed by atoms with Crippen molar-refractivity contribution in [1.29, 1.82) is 0 Å². The minimum Gasteiger partial charge on any atom is -0.278 e. The van der Waals surface area contributed by atoms with Crippen molar-refractivity contribution in [1.82, 2.24) is 9.97 Å². The van der Waals surface area contributed by atoms with E-state index in [0.717, 1.165) is 15.4 Å². The third-order valence-electron chi connectivity index (χ3n) is 2.86. The molecule has 106 valence electrons. The van der Waals surface area contributed by atoms with Crippen LogP contribution in [0, 0.1) is 0 Å². The zero-order valence-electron chi connectivity index (χ0n) is 10.7. The van der Waals surface area contributed by atoms with Gasteiger partial charge < -0.3 is 0 Å². The highest BCUT2D eigenvalue weighted by atomic mass is 79.9. The number of aromatic nitrogens is 2. The Labute approximate surface area is 130 Å². The molecular formula is C14H10BrN3O2S. The number of benzene rings is 1. The van der Waals surface area contributed by atoms with E-state index < -0.39 is 10.0 Å². The van der Waals surface area contributed by atoms with Crippen molar-refractivity contribution in [2.45, 2.75) is 4.90 Å². The standard InChI is InChI=1S/C14H10BrN3O2S/c15-13-5-1-3-10-7-11(8-17-14(10)13)18-21(19,20)12-4-2-6-16-9-12/h1-9,18H. The van der Waals surface area contributed by atoms with Gasteiger partial charge in [0.25, 0.3) is 10.0 Å². The maximum absolute atomic E-state index is 12.2. The van der Waals surface area contributed by atoms with Crippen molar-refractivity contribution in [2.24, 2.45) is 0 Å². The van der Waals surface area contributed by atoms with Crippen molar-refractivity contribution in [3.63, 3.8) is 0 Å². The largest absolute Gasteiger partial charge is 0.278 e. The minimum atomic E-state index is -3.66. The van der Waals surface area contributed by atoms with E-state index in [1.54, 1.807) is 12.1 Å². The van der Waals surface area contributed by atoms with Gasteiger partial charge in [0.2, 0.25) is 0 Å². The molecule has 0 saturated carbocycles. The Hall–Kier alpha value is -1.99. The zero-order valence-corrected chi connectivity index (χ0v) is 13.1. The lowest BCUT2D eigenvalue weighted by atomic mass is 10.2. The Kier molecular flexibility index (Phi) is 3.60. The van der Waals surface area contributed by atoms with Crippen molar-refractivity contribution in [2.75, 3.05) is 4.72 Å². The van der Waals surface area contributed by atoms with E-state index in [9.17, 15) is 8.42 Å². The number of rotatable bonds is 3. The number of anilines is 1. The molecule has 0 radical (unpaired) electrons. The molecule has 0 spiro atoms. The van der Waals surface area contributed by atoms with Crippen LogP contribution in [0.2, 0.25) is 0 Å². The van der Waals surface area contributed by atoms with Gasteiger partial charge in [0.15, 0.2) is 0 Å². The summed E-state index contributed by atoms with van der Waals surface area (Å²) in [5.41, 5.74) is 1.19. The van der Waals surface area contributed by atoms with Gasteiger partial charge in [-0.15, -0.1) is 0 Å². The van der Waals surface area contributed by atoms with Gasteiger partial charge in [0.05, 0.1) is 17.4 Å². The van der Waals surface area contributed by atoms with Crippen LogP contribution >= 0.6 is 15.9 Å². The van der Waals surface area contributed by atoms with Gasteiger partial charge in [-0.05, 0) is 40.2 Å². The first-order valence-electron chi connectivity index (χ1n) is 6.03. The Morgan fingerprint density at radius 1 is 1.10 bits per heavy atom. The molecule has 21 heavy (non-hydrogen) atoms. The van der Waals surface area contributed by atoms with Crippen LogP contribution in [-0.2, 0) is 10.0 Å². The van der Waals surface area contributed by atoms with Crippen LogP contribution in [-0.4, -0.2) is 18.4 Å². The summed E-state index contributed by atoms with van der Waals surface area (Å²) in [5, 5.41) is 0.843. The lowest BCUT2D eigenvalue weighted by molar-refractivity contribution is 0.601. The number of pyridine rings is 2. The van der Waals surface area contributed by atoms with Crippen molar-refractivity contribution in [3.05, 3.63) is 59.5 Å². The fraction of sp³-hybridized carbons (Fsp3) is 0. The number of nitrogens with zero attached hydrogens (tertiary/aromatic N) is 2. The van der Waals surface area contributed by atoms with Crippen molar-refractivity contribution >= 4 is 42.5 Å². The second kappa shape index (κ2) is 5.42. The molecule has 0 amide bonds. The van der Waals surface area contributed by atoms with Crippen LogP contribution in [0.25, 0.3) is 10.9 Å².